The highest BCUT2D eigenvalue weighted by molar-refractivity contribution is 6.05. The fourth-order valence-electron chi connectivity index (χ4n) is 2.31. The van der Waals surface area contributed by atoms with Crippen molar-refractivity contribution in [2.75, 3.05) is 17.2 Å². The highest BCUT2D eigenvalue weighted by atomic mass is 19.1. The predicted molar refractivity (Wildman–Crippen MR) is 72.3 cm³/mol. The van der Waals surface area contributed by atoms with Crippen LogP contribution in [0.15, 0.2) is 12.1 Å². The maximum atomic E-state index is 14.1. The standard InChI is InChI=1S/C13H14FN3O4/c1-2-9-12(19)16-11(18)5-17(9)10-3-6(13(20)21)8(15)4-7(10)14/h3-4,9H,2,5,15H2,1H3,(H,20,21)(H,16,18,19). The second-order valence-electron chi connectivity index (χ2n) is 4.66. The van der Waals surface area contributed by atoms with Gasteiger partial charge in [0.2, 0.25) is 11.8 Å². The molecule has 1 atom stereocenters. The first kappa shape index (κ1) is 14.8. The Bertz CT molecular complexity index is 632. The minimum atomic E-state index is -1.31. The molecule has 1 saturated heterocycles. The molecule has 1 fully saturated rings. The highest BCUT2D eigenvalue weighted by Gasteiger charge is 2.34. The van der Waals surface area contributed by atoms with Gasteiger partial charge in [0.25, 0.3) is 0 Å². The van der Waals surface area contributed by atoms with Crippen LogP contribution >= 0.6 is 0 Å². The third-order valence-corrected chi connectivity index (χ3v) is 3.30. The normalized spacial score (nSPS) is 18.6. The van der Waals surface area contributed by atoms with Crippen molar-refractivity contribution in [1.82, 2.24) is 5.32 Å². The number of hydrogen-bond acceptors (Lipinski definition) is 5. The molecule has 2 rings (SSSR count). The summed E-state index contributed by atoms with van der Waals surface area (Å²) in [7, 11) is 0. The minimum Gasteiger partial charge on any atom is -0.478 e. The fourth-order valence-corrected chi connectivity index (χ4v) is 2.31. The molecule has 4 N–H and O–H groups in total. The number of carbonyl (C=O) groups excluding carboxylic acids is 2. The summed E-state index contributed by atoms with van der Waals surface area (Å²) in [4.78, 5) is 35.6. The average molecular weight is 295 g/mol. The fraction of sp³-hybridized carbons (Fsp3) is 0.308. The lowest BCUT2D eigenvalue weighted by molar-refractivity contribution is -0.132. The van der Waals surface area contributed by atoms with Crippen LogP contribution < -0.4 is 16.0 Å². The number of nitrogens with two attached hydrogens (primary N) is 1. The number of imide groups is 1. The largest absolute Gasteiger partial charge is 0.478 e. The number of hydrogen-bond donors (Lipinski definition) is 3. The van der Waals surface area contributed by atoms with E-state index in [2.05, 4.69) is 5.32 Å². The molecule has 1 aromatic carbocycles. The Kier molecular flexibility index (Phi) is 3.79. The van der Waals surface area contributed by atoms with Gasteiger partial charge in [-0.15, -0.1) is 0 Å². The topological polar surface area (TPSA) is 113 Å². The first-order valence-electron chi connectivity index (χ1n) is 6.27. The number of piperazine rings is 1. The van der Waals surface area contributed by atoms with E-state index in [-0.39, 0.29) is 23.5 Å². The number of nitrogen functional groups attached to an aromatic ring is 1. The number of carboxylic acid groups (broad SMARTS) is 1. The summed E-state index contributed by atoms with van der Waals surface area (Å²) in [5.74, 6) is -3.20. The molecule has 0 saturated carbocycles. The van der Waals surface area contributed by atoms with E-state index in [1.165, 1.54) is 4.90 Å². The van der Waals surface area contributed by atoms with Gasteiger partial charge in [0.05, 0.1) is 17.8 Å². The molecule has 1 unspecified atom stereocenters. The molecule has 1 aliphatic heterocycles. The van der Waals surface area contributed by atoms with Crippen LogP contribution in [0.1, 0.15) is 23.7 Å². The van der Waals surface area contributed by atoms with E-state index in [0.29, 0.717) is 6.42 Å². The molecule has 0 aliphatic carbocycles. The van der Waals surface area contributed by atoms with Gasteiger partial charge in [-0.1, -0.05) is 6.92 Å². The van der Waals surface area contributed by atoms with E-state index in [4.69, 9.17) is 10.8 Å². The number of nitrogens with zero attached hydrogens (tertiary/aromatic N) is 1. The second-order valence-corrected chi connectivity index (χ2v) is 4.66. The monoisotopic (exact) mass is 295 g/mol. The van der Waals surface area contributed by atoms with Crippen LogP contribution in [0.2, 0.25) is 0 Å². The summed E-state index contributed by atoms with van der Waals surface area (Å²) in [5, 5.41) is 11.2. The SMILES string of the molecule is CCC1C(=O)NC(=O)CN1c1cc(C(=O)O)c(N)cc1F. The third-order valence-electron chi connectivity index (χ3n) is 3.30. The molecule has 112 valence electrons. The zero-order valence-electron chi connectivity index (χ0n) is 11.2. The zero-order chi connectivity index (χ0) is 15.7. The summed E-state index contributed by atoms with van der Waals surface area (Å²) < 4.78 is 14.1. The summed E-state index contributed by atoms with van der Waals surface area (Å²) in [6.07, 6.45) is 0.339. The number of rotatable bonds is 3. The van der Waals surface area contributed by atoms with Crippen molar-refractivity contribution in [2.24, 2.45) is 0 Å². The molecule has 0 bridgehead atoms. The van der Waals surface area contributed by atoms with Gasteiger partial charge >= 0.3 is 5.97 Å². The molecule has 8 heteroatoms. The quantitative estimate of drug-likeness (QED) is 0.548. The van der Waals surface area contributed by atoms with Crippen molar-refractivity contribution < 1.29 is 23.9 Å². The molecular weight excluding hydrogens is 281 g/mol. The summed E-state index contributed by atoms with van der Waals surface area (Å²) in [6.45, 7) is 1.48. The molecular formula is C13H14FN3O4. The van der Waals surface area contributed by atoms with E-state index in [0.717, 1.165) is 12.1 Å². The van der Waals surface area contributed by atoms with Gasteiger partial charge in [0.15, 0.2) is 0 Å². The Hall–Kier alpha value is -2.64. The molecule has 1 aliphatic rings. The van der Waals surface area contributed by atoms with Gasteiger partial charge in [-0.05, 0) is 18.6 Å². The predicted octanol–water partition coefficient (Wildman–Crippen LogP) is 0.348. The zero-order valence-corrected chi connectivity index (χ0v) is 11.2. The van der Waals surface area contributed by atoms with Crippen LogP contribution in [-0.4, -0.2) is 35.5 Å². The van der Waals surface area contributed by atoms with Crippen LogP contribution in [-0.2, 0) is 9.59 Å². The van der Waals surface area contributed by atoms with E-state index >= 15 is 0 Å². The van der Waals surface area contributed by atoms with E-state index in [1.807, 2.05) is 0 Å². The van der Waals surface area contributed by atoms with E-state index in [9.17, 15) is 18.8 Å². The molecule has 2 amide bonds. The molecule has 0 radical (unpaired) electrons. The van der Waals surface area contributed by atoms with Gasteiger partial charge in [-0.25, -0.2) is 9.18 Å². The van der Waals surface area contributed by atoms with E-state index in [1.54, 1.807) is 6.92 Å². The van der Waals surface area contributed by atoms with Crippen LogP contribution in [0, 0.1) is 5.82 Å². The van der Waals surface area contributed by atoms with E-state index < -0.39 is 29.6 Å². The van der Waals surface area contributed by atoms with Crippen LogP contribution in [0.3, 0.4) is 0 Å². The number of halogens is 1. The number of benzene rings is 1. The van der Waals surface area contributed by atoms with Crippen molar-refractivity contribution in [2.45, 2.75) is 19.4 Å². The van der Waals surface area contributed by atoms with Gasteiger partial charge < -0.3 is 15.7 Å². The first-order chi connectivity index (χ1) is 9.85. The minimum absolute atomic E-state index is 0.128. The Morgan fingerprint density at radius 1 is 1.52 bits per heavy atom. The lowest BCUT2D eigenvalue weighted by Gasteiger charge is -2.35. The Labute approximate surface area is 119 Å². The van der Waals surface area contributed by atoms with Crippen LogP contribution in [0.5, 0.6) is 0 Å². The van der Waals surface area contributed by atoms with Gasteiger partial charge in [-0.2, -0.15) is 0 Å². The molecule has 0 aromatic heterocycles. The number of aromatic carboxylic acids is 1. The average Bonchev–Trinajstić information content (AvgIpc) is 2.37. The Morgan fingerprint density at radius 2 is 2.19 bits per heavy atom. The lowest BCUT2D eigenvalue weighted by atomic mass is 10.1. The van der Waals surface area contributed by atoms with Crippen molar-refractivity contribution in [3.63, 3.8) is 0 Å². The molecule has 1 heterocycles. The second kappa shape index (κ2) is 5.39. The van der Waals surface area contributed by atoms with Gasteiger partial charge in [-0.3, -0.25) is 14.9 Å². The molecule has 7 nitrogen and oxygen atoms in total. The van der Waals surface area contributed by atoms with Crippen LogP contribution in [0.4, 0.5) is 15.8 Å². The maximum absolute atomic E-state index is 14.1. The molecule has 0 spiro atoms. The molecule has 1 aromatic rings. The lowest BCUT2D eigenvalue weighted by Crippen LogP contribution is -2.58. The number of amides is 2. The summed E-state index contributed by atoms with van der Waals surface area (Å²) >= 11 is 0. The molecule has 21 heavy (non-hydrogen) atoms. The number of carboxylic acids is 1. The number of anilines is 2. The number of carbonyl (C=O) groups is 3. The smallest absolute Gasteiger partial charge is 0.337 e. The van der Waals surface area contributed by atoms with Crippen molar-refractivity contribution in [3.8, 4) is 0 Å². The third kappa shape index (κ3) is 2.64. The van der Waals surface area contributed by atoms with Crippen molar-refractivity contribution in [1.29, 1.82) is 0 Å². The van der Waals surface area contributed by atoms with Crippen LogP contribution in [0.25, 0.3) is 0 Å². The summed E-state index contributed by atoms with van der Waals surface area (Å²) in [5.41, 5.74) is 4.83. The van der Waals surface area contributed by atoms with Crippen molar-refractivity contribution >= 4 is 29.2 Å². The summed E-state index contributed by atoms with van der Waals surface area (Å²) in [6, 6.07) is 1.17. The first-order valence-corrected chi connectivity index (χ1v) is 6.27. The van der Waals surface area contributed by atoms with Gasteiger partial charge in [0.1, 0.15) is 11.9 Å². The van der Waals surface area contributed by atoms with Crippen molar-refractivity contribution in [3.05, 3.63) is 23.5 Å². The Balaban J connectivity index is 2.53. The maximum Gasteiger partial charge on any atom is 0.337 e. The number of nitrogens with one attached hydrogen (secondary N) is 1. The Morgan fingerprint density at radius 3 is 2.76 bits per heavy atom. The van der Waals surface area contributed by atoms with Gasteiger partial charge in [0, 0.05) is 5.69 Å². The highest BCUT2D eigenvalue weighted by Crippen LogP contribution is 2.28.